The first kappa shape index (κ1) is 35.0. The van der Waals surface area contributed by atoms with Gasteiger partial charge >= 0.3 is 0 Å². The Morgan fingerprint density at radius 1 is 0.848 bits per heavy atom. The van der Waals surface area contributed by atoms with Crippen LogP contribution in [-0.2, 0) is 13.2 Å². The summed E-state index contributed by atoms with van der Waals surface area (Å²) in [5.41, 5.74) is 10.1. The summed E-state index contributed by atoms with van der Waals surface area (Å²) < 4.78 is 18.1. The van der Waals surface area contributed by atoms with Gasteiger partial charge in [-0.15, -0.1) is 0 Å². The van der Waals surface area contributed by atoms with Gasteiger partial charge in [0.05, 0.1) is 35.6 Å². The third-order valence-corrected chi connectivity index (χ3v) is 7.97. The Bertz CT molecular complexity index is 1590. The van der Waals surface area contributed by atoms with Gasteiger partial charge in [0.25, 0.3) is 0 Å². The molecule has 0 aromatic heterocycles. The van der Waals surface area contributed by atoms with Crippen molar-refractivity contribution in [3.05, 3.63) is 99.6 Å². The van der Waals surface area contributed by atoms with Crippen LogP contribution in [0.3, 0.4) is 0 Å². The number of rotatable bonds is 17. The van der Waals surface area contributed by atoms with Gasteiger partial charge in [0.1, 0.15) is 36.2 Å². The quantitative estimate of drug-likeness (QED) is 0.0549. The zero-order valence-electron chi connectivity index (χ0n) is 25.3. The number of allylic oxidation sites excluding steroid dienone is 2. The molecule has 0 radical (unpaired) electrons. The molecular weight excluding hydrogens is 631 g/mol. The van der Waals surface area contributed by atoms with Gasteiger partial charge in [-0.3, -0.25) is 10.3 Å². The smallest absolute Gasteiger partial charge is 0.142 e. The van der Waals surface area contributed by atoms with Crippen molar-refractivity contribution in [2.75, 3.05) is 46.1 Å². The lowest BCUT2D eigenvalue weighted by Gasteiger charge is -2.20. The van der Waals surface area contributed by atoms with E-state index in [0.717, 1.165) is 28.7 Å². The van der Waals surface area contributed by atoms with Gasteiger partial charge in [-0.1, -0.05) is 64.8 Å². The van der Waals surface area contributed by atoms with Crippen LogP contribution in [0.1, 0.15) is 17.5 Å². The first-order valence-electron chi connectivity index (χ1n) is 14.8. The summed E-state index contributed by atoms with van der Waals surface area (Å²) in [6, 6.07) is 16.8. The lowest BCUT2D eigenvalue weighted by atomic mass is 10.0. The monoisotopic (exact) mass is 668 g/mol. The van der Waals surface area contributed by atoms with Gasteiger partial charge in [-0.25, -0.2) is 0 Å². The molecule has 46 heavy (non-hydrogen) atoms. The summed E-state index contributed by atoms with van der Waals surface area (Å²) in [6.07, 6.45) is 5.57. The Labute approximate surface area is 278 Å². The van der Waals surface area contributed by atoms with Gasteiger partial charge in [0.2, 0.25) is 0 Å². The molecule has 3 aromatic carbocycles. The second kappa shape index (κ2) is 17.7. The normalized spacial score (nSPS) is 13.7. The SMILES string of the molecule is N=C1C=C(COc2cc(OCc3cccc(-c4cccc(OCCCN(CCO)CCO)c4)c3Cl)c(Cl)cc2CN)C=C/C1=N/O. The topological polar surface area (TPSA) is 154 Å². The first-order valence-corrected chi connectivity index (χ1v) is 15.5. The van der Waals surface area contributed by atoms with Crippen molar-refractivity contribution in [2.24, 2.45) is 10.9 Å². The molecule has 1 aliphatic rings. The summed E-state index contributed by atoms with van der Waals surface area (Å²) in [5, 5.41) is 39.3. The van der Waals surface area contributed by atoms with Gasteiger partial charge in [-0.2, -0.15) is 0 Å². The minimum atomic E-state index is 0.0472. The predicted molar refractivity (Wildman–Crippen MR) is 181 cm³/mol. The van der Waals surface area contributed by atoms with Crippen molar-refractivity contribution in [1.82, 2.24) is 4.90 Å². The van der Waals surface area contributed by atoms with Crippen molar-refractivity contribution in [3.63, 3.8) is 0 Å². The second-order valence-corrected chi connectivity index (χ2v) is 11.2. The summed E-state index contributed by atoms with van der Waals surface area (Å²) in [7, 11) is 0. The molecule has 0 bridgehead atoms. The molecule has 4 rings (SSSR count). The van der Waals surface area contributed by atoms with E-state index in [4.69, 9.17) is 53.8 Å². The largest absolute Gasteiger partial charge is 0.494 e. The molecule has 0 saturated carbocycles. The maximum atomic E-state index is 9.19. The van der Waals surface area contributed by atoms with Crippen molar-refractivity contribution < 1.29 is 29.6 Å². The van der Waals surface area contributed by atoms with E-state index in [0.29, 0.717) is 59.1 Å². The Morgan fingerprint density at radius 3 is 2.33 bits per heavy atom. The molecule has 0 atom stereocenters. The van der Waals surface area contributed by atoms with E-state index in [1.807, 2.05) is 47.4 Å². The van der Waals surface area contributed by atoms with E-state index in [1.165, 1.54) is 0 Å². The first-order chi connectivity index (χ1) is 22.4. The molecule has 6 N–H and O–H groups in total. The van der Waals surface area contributed by atoms with Crippen LogP contribution < -0.4 is 19.9 Å². The van der Waals surface area contributed by atoms with Crippen LogP contribution in [0.4, 0.5) is 0 Å². The summed E-state index contributed by atoms with van der Waals surface area (Å²) in [6.45, 7) is 2.84. The summed E-state index contributed by atoms with van der Waals surface area (Å²) in [4.78, 5) is 1.99. The lowest BCUT2D eigenvalue weighted by molar-refractivity contribution is 0.153. The molecule has 0 aliphatic heterocycles. The van der Waals surface area contributed by atoms with Crippen LogP contribution in [0.2, 0.25) is 10.0 Å². The third kappa shape index (κ3) is 9.56. The fourth-order valence-electron chi connectivity index (χ4n) is 4.82. The Hall–Kier alpha value is -3.90. The number of aliphatic hydroxyl groups is 2. The average Bonchev–Trinajstić information content (AvgIpc) is 3.06. The third-order valence-electron chi connectivity index (χ3n) is 7.22. The van der Waals surface area contributed by atoms with Crippen molar-refractivity contribution in [2.45, 2.75) is 19.6 Å². The Balaban J connectivity index is 1.41. The maximum absolute atomic E-state index is 9.19. The van der Waals surface area contributed by atoms with E-state index in [-0.39, 0.29) is 44.4 Å². The van der Waals surface area contributed by atoms with Crippen LogP contribution in [0.25, 0.3) is 11.1 Å². The van der Waals surface area contributed by atoms with E-state index >= 15 is 0 Å². The maximum Gasteiger partial charge on any atom is 0.142 e. The van der Waals surface area contributed by atoms with Crippen LogP contribution in [0.15, 0.2) is 83.6 Å². The number of hydrogen-bond donors (Lipinski definition) is 5. The molecule has 10 nitrogen and oxygen atoms in total. The molecule has 0 saturated heterocycles. The fraction of sp³-hybridized carbons (Fsp3) is 0.294. The minimum Gasteiger partial charge on any atom is -0.494 e. The highest BCUT2D eigenvalue weighted by atomic mass is 35.5. The van der Waals surface area contributed by atoms with Gasteiger partial charge < -0.3 is 35.4 Å². The lowest BCUT2D eigenvalue weighted by Crippen LogP contribution is -2.31. The van der Waals surface area contributed by atoms with E-state index in [1.54, 1.807) is 30.4 Å². The molecular formula is C34H38Cl2N4O6. The average molecular weight is 670 g/mol. The van der Waals surface area contributed by atoms with Crippen molar-refractivity contribution >= 4 is 34.6 Å². The molecule has 244 valence electrons. The number of benzene rings is 3. The van der Waals surface area contributed by atoms with Crippen LogP contribution in [-0.4, -0.2) is 77.8 Å². The molecule has 1 aliphatic carbocycles. The zero-order valence-corrected chi connectivity index (χ0v) is 26.8. The molecule has 0 heterocycles. The molecule has 12 heteroatoms. The summed E-state index contributed by atoms with van der Waals surface area (Å²) in [5.74, 6) is 1.61. The van der Waals surface area contributed by atoms with Crippen LogP contribution in [0, 0.1) is 5.41 Å². The number of oxime groups is 1. The second-order valence-electron chi connectivity index (χ2n) is 10.4. The standard InChI is InChI=1S/C34H38Cl2N4O6/c35-29-18-26(20-37)32(45-21-23-8-9-31(39-43)30(38)16-23)19-33(29)46-22-25-5-2-7-28(34(25)36)24-4-1-6-27(17-24)44-15-3-10-40(11-13-41)12-14-42/h1-2,4-9,16-19,38,41-43H,3,10-15,20-22,37H2/b38-30?,39-31-. The number of halogens is 2. The van der Waals surface area contributed by atoms with Crippen LogP contribution in [0.5, 0.6) is 17.2 Å². The number of nitrogens with zero attached hydrogens (tertiary/aromatic N) is 2. The highest BCUT2D eigenvalue weighted by molar-refractivity contribution is 6.50. The number of nitrogens with two attached hydrogens (primary N) is 1. The van der Waals surface area contributed by atoms with E-state index in [9.17, 15) is 10.2 Å². The van der Waals surface area contributed by atoms with Gasteiger partial charge in [0, 0.05) is 48.9 Å². The van der Waals surface area contributed by atoms with E-state index in [2.05, 4.69) is 5.16 Å². The van der Waals surface area contributed by atoms with Crippen molar-refractivity contribution in [1.29, 1.82) is 5.41 Å². The molecule has 0 spiro atoms. The molecule has 0 fully saturated rings. The number of ether oxygens (including phenoxy) is 3. The minimum absolute atomic E-state index is 0.0472. The zero-order chi connectivity index (χ0) is 32.9. The number of nitrogens with one attached hydrogen (secondary N) is 1. The Morgan fingerprint density at radius 2 is 1.61 bits per heavy atom. The van der Waals surface area contributed by atoms with Gasteiger partial charge in [-0.05, 0) is 47.9 Å². The van der Waals surface area contributed by atoms with E-state index < -0.39 is 0 Å². The summed E-state index contributed by atoms with van der Waals surface area (Å²) >= 11 is 13.4. The molecule has 3 aromatic rings. The highest BCUT2D eigenvalue weighted by Gasteiger charge is 2.15. The predicted octanol–water partition coefficient (Wildman–Crippen LogP) is 5.48. The molecule has 0 amide bonds. The number of aliphatic hydroxyl groups excluding tert-OH is 2. The molecule has 0 unspecified atom stereocenters. The highest BCUT2D eigenvalue weighted by Crippen LogP contribution is 2.36. The van der Waals surface area contributed by atoms with Crippen LogP contribution >= 0.6 is 23.2 Å². The number of hydrogen-bond acceptors (Lipinski definition) is 10. The Kier molecular flexibility index (Phi) is 13.5. The van der Waals surface area contributed by atoms with Gasteiger partial charge in [0.15, 0.2) is 0 Å². The van der Waals surface area contributed by atoms with Crippen molar-refractivity contribution in [3.8, 4) is 28.4 Å². The fourth-order valence-corrected chi connectivity index (χ4v) is 5.35.